The van der Waals surface area contributed by atoms with E-state index < -0.39 is 16.2 Å². The summed E-state index contributed by atoms with van der Waals surface area (Å²) in [5, 5.41) is 8.67. The van der Waals surface area contributed by atoms with Crippen molar-refractivity contribution < 1.29 is 18.3 Å². The molecule has 0 unspecified atom stereocenters. The van der Waals surface area contributed by atoms with Gasteiger partial charge in [-0.25, -0.2) is 0 Å². The average Bonchev–Trinajstić information content (AvgIpc) is 2.39. The summed E-state index contributed by atoms with van der Waals surface area (Å²) in [6, 6.07) is 0.0510. The lowest BCUT2D eigenvalue weighted by molar-refractivity contribution is -0.137. The van der Waals surface area contributed by atoms with Crippen LogP contribution in [0.15, 0.2) is 0 Å². The van der Waals surface area contributed by atoms with E-state index in [1.165, 1.54) is 13.5 Å². The van der Waals surface area contributed by atoms with Crippen molar-refractivity contribution >= 4 is 16.2 Å². The first-order valence-corrected chi connectivity index (χ1v) is 9.24. The zero-order chi connectivity index (χ0) is 15.2. The van der Waals surface area contributed by atoms with E-state index in [-0.39, 0.29) is 19.0 Å². The van der Waals surface area contributed by atoms with Crippen molar-refractivity contribution in [3.05, 3.63) is 0 Å². The average molecular weight is 316 g/mol. The molecule has 0 aromatic carbocycles. The zero-order valence-electron chi connectivity index (χ0n) is 12.4. The van der Waals surface area contributed by atoms with E-state index in [1.54, 1.807) is 0 Å². The van der Waals surface area contributed by atoms with E-state index in [9.17, 15) is 13.2 Å². The van der Waals surface area contributed by atoms with Crippen molar-refractivity contribution in [1.82, 2.24) is 9.03 Å². The van der Waals surface area contributed by atoms with Crippen LogP contribution < -0.4 is 4.72 Å². The number of carboxylic acid groups (broad SMARTS) is 1. The van der Waals surface area contributed by atoms with Crippen molar-refractivity contribution in [2.75, 3.05) is 13.6 Å². The van der Waals surface area contributed by atoms with Gasteiger partial charge in [-0.05, 0) is 55.8 Å². The number of aliphatic carboxylic acids is 1. The van der Waals surface area contributed by atoms with Gasteiger partial charge in [0.05, 0.1) is 6.42 Å². The van der Waals surface area contributed by atoms with Crippen molar-refractivity contribution in [1.29, 1.82) is 0 Å². The van der Waals surface area contributed by atoms with Crippen LogP contribution in [0.25, 0.3) is 0 Å². The van der Waals surface area contributed by atoms with Crippen LogP contribution in [0.1, 0.15) is 38.5 Å². The Balaban J connectivity index is 1.64. The van der Waals surface area contributed by atoms with Crippen molar-refractivity contribution in [3.63, 3.8) is 0 Å². The Morgan fingerprint density at radius 2 is 1.67 bits per heavy atom. The Hall–Kier alpha value is -0.660. The molecule has 4 bridgehead atoms. The summed E-state index contributed by atoms with van der Waals surface area (Å²) in [5.41, 5.74) is 0. The van der Waals surface area contributed by atoms with Gasteiger partial charge in [0.1, 0.15) is 0 Å². The molecule has 120 valence electrons. The normalized spacial score (nSPS) is 38.1. The highest BCUT2D eigenvalue weighted by atomic mass is 32.2. The number of nitrogens with zero attached hydrogens (tertiary/aromatic N) is 1. The quantitative estimate of drug-likeness (QED) is 0.767. The second kappa shape index (κ2) is 5.52. The van der Waals surface area contributed by atoms with Crippen molar-refractivity contribution in [2.24, 2.45) is 23.7 Å². The smallest absolute Gasteiger partial charge is 0.304 e. The molecule has 21 heavy (non-hydrogen) atoms. The third-order valence-electron chi connectivity index (χ3n) is 5.56. The lowest BCUT2D eigenvalue weighted by atomic mass is 9.54. The summed E-state index contributed by atoms with van der Waals surface area (Å²) in [5.74, 6) is 1.58. The third kappa shape index (κ3) is 3.10. The van der Waals surface area contributed by atoms with Gasteiger partial charge in [-0.2, -0.15) is 17.4 Å². The summed E-state index contributed by atoms with van der Waals surface area (Å²) in [6.07, 6.45) is 5.78. The van der Waals surface area contributed by atoms with E-state index in [0.29, 0.717) is 11.8 Å². The SMILES string of the molecule is CN(CCC(=O)O)S(=O)(=O)NC1C2CC3CC(C2)CC1C3. The minimum absolute atomic E-state index is 0.0119. The molecule has 7 heteroatoms. The number of rotatable bonds is 6. The van der Waals surface area contributed by atoms with Crippen LogP contribution in [0.4, 0.5) is 0 Å². The maximum Gasteiger partial charge on any atom is 0.304 e. The largest absolute Gasteiger partial charge is 0.481 e. The van der Waals surface area contributed by atoms with Crippen LogP contribution in [0, 0.1) is 23.7 Å². The Labute approximate surface area is 126 Å². The Morgan fingerprint density at radius 1 is 1.14 bits per heavy atom. The Bertz CT molecular complexity index is 491. The second-order valence-corrected chi connectivity index (χ2v) is 8.85. The topological polar surface area (TPSA) is 86.7 Å². The maximum atomic E-state index is 12.4. The molecular weight excluding hydrogens is 292 g/mol. The second-order valence-electron chi connectivity index (χ2n) is 7.04. The lowest BCUT2D eigenvalue weighted by Gasteiger charge is -2.54. The molecule has 4 fully saturated rings. The van der Waals surface area contributed by atoms with Gasteiger partial charge in [0, 0.05) is 19.6 Å². The number of carboxylic acids is 1. The molecule has 2 N–H and O–H groups in total. The van der Waals surface area contributed by atoms with Gasteiger partial charge in [0.2, 0.25) is 0 Å². The highest BCUT2D eigenvalue weighted by Crippen LogP contribution is 2.53. The van der Waals surface area contributed by atoms with E-state index in [4.69, 9.17) is 5.11 Å². The first kappa shape index (κ1) is 15.2. The molecule has 0 heterocycles. The van der Waals surface area contributed by atoms with Gasteiger partial charge >= 0.3 is 5.97 Å². The molecule has 0 aromatic heterocycles. The predicted molar refractivity (Wildman–Crippen MR) is 77.8 cm³/mol. The fourth-order valence-corrected chi connectivity index (χ4v) is 5.99. The van der Waals surface area contributed by atoms with Crippen LogP contribution in [0.5, 0.6) is 0 Å². The fourth-order valence-electron chi connectivity index (χ4n) is 4.75. The van der Waals surface area contributed by atoms with E-state index >= 15 is 0 Å². The van der Waals surface area contributed by atoms with Crippen molar-refractivity contribution in [3.8, 4) is 0 Å². The molecule has 0 aromatic rings. The van der Waals surface area contributed by atoms with Gasteiger partial charge in [-0.1, -0.05) is 0 Å². The van der Waals surface area contributed by atoms with Crippen LogP contribution in [-0.4, -0.2) is 43.4 Å². The Kier molecular flexibility index (Phi) is 4.00. The number of hydrogen-bond donors (Lipinski definition) is 2. The molecule has 0 aliphatic heterocycles. The highest BCUT2D eigenvalue weighted by molar-refractivity contribution is 7.87. The summed E-state index contributed by atoms with van der Waals surface area (Å²) in [6.45, 7) is 0.0119. The third-order valence-corrected chi connectivity index (χ3v) is 7.14. The molecule has 0 amide bonds. The maximum absolute atomic E-state index is 12.4. The van der Waals surface area contributed by atoms with Gasteiger partial charge in [0.15, 0.2) is 0 Å². The summed E-state index contributed by atoms with van der Waals surface area (Å²) >= 11 is 0. The standard InChI is InChI=1S/C14H24N2O4S/c1-16(3-2-13(17)18)21(19,20)15-14-11-5-9-4-10(7-11)8-12(14)6-9/h9-12,14-15H,2-8H2,1H3,(H,17,18). The van der Waals surface area contributed by atoms with Crippen LogP contribution >= 0.6 is 0 Å². The predicted octanol–water partition coefficient (Wildman–Crippen LogP) is 1.05. The number of nitrogens with one attached hydrogen (secondary N) is 1. The summed E-state index contributed by atoms with van der Waals surface area (Å²) in [7, 11) is -2.13. The van der Waals surface area contributed by atoms with E-state index in [0.717, 1.165) is 41.8 Å². The zero-order valence-corrected chi connectivity index (χ0v) is 13.2. The van der Waals surface area contributed by atoms with E-state index in [1.807, 2.05) is 0 Å². The fraction of sp³-hybridized carbons (Fsp3) is 0.929. The molecule has 0 spiro atoms. The number of hydrogen-bond acceptors (Lipinski definition) is 3. The van der Waals surface area contributed by atoms with Gasteiger partial charge in [0.25, 0.3) is 10.2 Å². The molecule has 0 saturated heterocycles. The van der Waals surface area contributed by atoms with Crippen LogP contribution in [-0.2, 0) is 15.0 Å². The molecular formula is C14H24N2O4S. The molecule has 4 rings (SSSR count). The highest BCUT2D eigenvalue weighted by Gasteiger charge is 2.49. The number of carbonyl (C=O) groups is 1. The van der Waals surface area contributed by atoms with Gasteiger partial charge in [-0.3, -0.25) is 4.79 Å². The first-order chi connectivity index (χ1) is 9.85. The minimum Gasteiger partial charge on any atom is -0.481 e. The molecule has 6 nitrogen and oxygen atoms in total. The molecule has 4 aliphatic carbocycles. The van der Waals surface area contributed by atoms with Crippen LogP contribution in [0.3, 0.4) is 0 Å². The van der Waals surface area contributed by atoms with Gasteiger partial charge in [-0.15, -0.1) is 0 Å². The minimum atomic E-state index is -3.58. The lowest BCUT2D eigenvalue weighted by Crippen LogP contribution is -2.57. The molecule has 4 aliphatic rings. The molecule has 0 radical (unpaired) electrons. The van der Waals surface area contributed by atoms with E-state index in [2.05, 4.69) is 4.72 Å². The van der Waals surface area contributed by atoms with Gasteiger partial charge < -0.3 is 5.11 Å². The first-order valence-electron chi connectivity index (χ1n) is 7.80. The Morgan fingerprint density at radius 3 is 2.14 bits per heavy atom. The summed E-state index contributed by atoms with van der Waals surface area (Å²) < 4.78 is 28.7. The summed E-state index contributed by atoms with van der Waals surface area (Å²) in [4.78, 5) is 10.6. The monoisotopic (exact) mass is 316 g/mol. The van der Waals surface area contributed by atoms with Crippen LogP contribution in [0.2, 0.25) is 0 Å². The van der Waals surface area contributed by atoms with Crippen molar-refractivity contribution in [2.45, 2.75) is 44.6 Å². The molecule has 4 saturated carbocycles. The molecule has 0 atom stereocenters.